The maximum atomic E-state index is 14.2. The molecule has 0 radical (unpaired) electrons. The summed E-state index contributed by atoms with van der Waals surface area (Å²) in [7, 11) is 0. The van der Waals surface area contributed by atoms with Gasteiger partial charge in [0.2, 0.25) is 5.43 Å². The van der Waals surface area contributed by atoms with Crippen LogP contribution >= 0.6 is 0 Å². The van der Waals surface area contributed by atoms with Crippen molar-refractivity contribution in [3.8, 4) is 5.75 Å². The molecule has 2 N–H and O–H groups in total. The van der Waals surface area contributed by atoms with Gasteiger partial charge in [-0.3, -0.25) is 14.4 Å². The summed E-state index contributed by atoms with van der Waals surface area (Å²) in [5, 5.41) is 14.0. The van der Waals surface area contributed by atoms with Crippen LogP contribution < -0.4 is 15.5 Å². The van der Waals surface area contributed by atoms with Crippen molar-refractivity contribution < 1.29 is 28.2 Å². The van der Waals surface area contributed by atoms with Crippen molar-refractivity contribution in [1.82, 2.24) is 14.8 Å². The van der Waals surface area contributed by atoms with Crippen LogP contribution in [0.4, 0.5) is 8.78 Å². The van der Waals surface area contributed by atoms with Crippen molar-refractivity contribution >= 4 is 11.8 Å². The fourth-order valence-corrected chi connectivity index (χ4v) is 5.34. The Morgan fingerprint density at radius 1 is 1.17 bits per heavy atom. The Labute approximate surface area is 235 Å². The molecule has 0 fully saturated rings. The van der Waals surface area contributed by atoms with Crippen LogP contribution in [0.15, 0.2) is 71.7 Å². The first-order valence-corrected chi connectivity index (χ1v) is 13.5. The second-order valence-corrected chi connectivity index (χ2v) is 10.6. The van der Waals surface area contributed by atoms with Gasteiger partial charge < -0.3 is 24.6 Å². The van der Waals surface area contributed by atoms with Crippen LogP contribution in [-0.2, 0) is 13.2 Å². The predicted molar refractivity (Wildman–Crippen MR) is 148 cm³/mol. The smallest absolute Gasteiger partial charge is 0.275 e. The topological polar surface area (TPSA) is 101 Å². The molecule has 2 aromatic carbocycles. The molecule has 2 amide bonds. The lowest BCUT2D eigenvalue weighted by molar-refractivity contribution is 0.0189. The van der Waals surface area contributed by atoms with Crippen LogP contribution in [0, 0.1) is 11.6 Å². The van der Waals surface area contributed by atoms with Crippen molar-refractivity contribution in [3.05, 3.63) is 111 Å². The average molecular weight is 564 g/mol. The zero-order chi connectivity index (χ0) is 29.3. The number of ether oxygens (including phenoxy) is 1. The molecule has 0 saturated carbocycles. The standard InChI is InChI=1S/C31H31F2N3O5/c1-3-7-22-12-13-31(2,40)25-17-35(22)30(39)26-28(41-18-19-8-5-4-6-9-19)27(37)23(16-36(25)26)29(38)34-15-20-10-11-21(32)14-24(20)33/h4-6,8-14,16,22,25,40H,3,7,15,17-18H2,1-2H3,(H,34,38)/t22-,25+,31-/m0/s1. The molecule has 0 spiro atoms. The first-order valence-electron chi connectivity index (χ1n) is 13.5. The molecular weight excluding hydrogens is 532 g/mol. The quantitative estimate of drug-likeness (QED) is 0.402. The molecule has 41 heavy (non-hydrogen) atoms. The van der Waals surface area contributed by atoms with Crippen molar-refractivity contribution in [2.24, 2.45) is 0 Å². The summed E-state index contributed by atoms with van der Waals surface area (Å²) in [6.45, 7) is 3.42. The van der Waals surface area contributed by atoms with Crippen LogP contribution in [0.25, 0.3) is 0 Å². The highest BCUT2D eigenvalue weighted by molar-refractivity contribution is 5.99. The van der Waals surface area contributed by atoms with Crippen molar-refractivity contribution in [2.45, 2.75) is 57.5 Å². The van der Waals surface area contributed by atoms with E-state index in [9.17, 15) is 28.3 Å². The van der Waals surface area contributed by atoms with Gasteiger partial charge in [-0.2, -0.15) is 0 Å². The number of aromatic nitrogens is 1. The summed E-state index contributed by atoms with van der Waals surface area (Å²) in [5.74, 6) is -3.17. The Kier molecular flexibility index (Phi) is 7.77. The lowest BCUT2D eigenvalue weighted by Crippen LogP contribution is -2.52. The highest BCUT2D eigenvalue weighted by Crippen LogP contribution is 2.38. The highest BCUT2D eigenvalue weighted by Gasteiger charge is 2.46. The number of carbonyl (C=O) groups is 2. The van der Waals surface area contributed by atoms with Gasteiger partial charge in [0.15, 0.2) is 11.4 Å². The van der Waals surface area contributed by atoms with E-state index in [4.69, 9.17) is 4.74 Å². The molecule has 2 aliphatic heterocycles. The fourth-order valence-electron chi connectivity index (χ4n) is 5.34. The third-order valence-corrected chi connectivity index (χ3v) is 7.60. The third-order valence-electron chi connectivity index (χ3n) is 7.60. The minimum atomic E-state index is -1.42. The molecule has 0 aliphatic carbocycles. The Bertz CT molecular complexity index is 1570. The van der Waals surface area contributed by atoms with Crippen LogP contribution in [-0.4, -0.2) is 44.6 Å². The van der Waals surface area contributed by atoms with Crippen LogP contribution in [0.3, 0.4) is 0 Å². The number of carbonyl (C=O) groups excluding carboxylic acids is 2. The second-order valence-electron chi connectivity index (χ2n) is 10.6. The van der Waals surface area contributed by atoms with Gasteiger partial charge in [0.05, 0.1) is 12.1 Å². The number of amides is 2. The van der Waals surface area contributed by atoms with E-state index in [-0.39, 0.29) is 48.3 Å². The number of aliphatic hydroxyl groups is 1. The second kappa shape index (κ2) is 11.3. The summed E-state index contributed by atoms with van der Waals surface area (Å²) in [6, 6.07) is 11.0. The van der Waals surface area contributed by atoms with E-state index in [1.54, 1.807) is 36.1 Å². The van der Waals surface area contributed by atoms with Gasteiger partial charge in [0.1, 0.15) is 29.4 Å². The van der Waals surface area contributed by atoms with E-state index in [0.29, 0.717) is 12.5 Å². The molecule has 5 rings (SSSR count). The summed E-state index contributed by atoms with van der Waals surface area (Å²) in [5.41, 5.74) is -1.85. The number of nitrogens with one attached hydrogen (secondary N) is 1. The fraction of sp³-hybridized carbons (Fsp3) is 0.323. The summed E-state index contributed by atoms with van der Waals surface area (Å²) in [4.78, 5) is 42.6. The monoisotopic (exact) mass is 563 g/mol. The number of fused-ring (bicyclic) bond motifs is 4. The Morgan fingerprint density at radius 3 is 2.63 bits per heavy atom. The predicted octanol–water partition coefficient (Wildman–Crippen LogP) is 4.12. The number of hydrogen-bond donors (Lipinski definition) is 2. The van der Waals surface area contributed by atoms with Gasteiger partial charge in [-0.25, -0.2) is 8.78 Å². The van der Waals surface area contributed by atoms with Crippen LogP contribution in [0.2, 0.25) is 0 Å². The molecule has 214 valence electrons. The van der Waals surface area contributed by atoms with Gasteiger partial charge >= 0.3 is 0 Å². The molecule has 3 atom stereocenters. The molecule has 0 unspecified atom stereocenters. The van der Waals surface area contributed by atoms with Crippen molar-refractivity contribution in [1.29, 1.82) is 0 Å². The number of nitrogens with zero attached hydrogens (tertiary/aromatic N) is 2. The maximum absolute atomic E-state index is 14.2. The summed E-state index contributed by atoms with van der Waals surface area (Å²) in [6.07, 6.45) is 6.17. The zero-order valence-corrected chi connectivity index (χ0v) is 22.8. The maximum Gasteiger partial charge on any atom is 0.275 e. The van der Waals surface area contributed by atoms with Crippen molar-refractivity contribution in [2.75, 3.05) is 6.54 Å². The average Bonchev–Trinajstić information content (AvgIpc) is 3.06. The number of halogens is 2. The SMILES string of the molecule is CCC[C@H]1C=C[C@](C)(O)[C@H]2CN1C(=O)c1c(OCc3ccccc3)c(=O)c(C(=O)NCc3ccc(F)cc3F)cn12. The van der Waals surface area contributed by atoms with Crippen LogP contribution in [0.1, 0.15) is 64.7 Å². The van der Waals surface area contributed by atoms with Crippen LogP contribution in [0.5, 0.6) is 5.75 Å². The first-order chi connectivity index (χ1) is 19.6. The Hall–Kier alpha value is -4.31. The molecule has 8 nitrogen and oxygen atoms in total. The molecule has 3 heterocycles. The minimum absolute atomic E-state index is 0.0305. The number of pyridine rings is 1. The molecule has 3 aromatic rings. The molecule has 1 aromatic heterocycles. The summed E-state index contributed by atoms with van der Waals surface area (Å²) >= 11 is 0. The van der Waals surface area contributed by atoms with E-state index < -0.39 is 40.5 Å². The van der Waals surface area contributed by atoms with E-state index in [1.165, 1.54) is 16.8 Å². The lowest BCUT2D eigenvalue weighted by atomic mass is 9.93. The molecule has 0 saturated heterocycles. The zero-order valence-electron chi connectivity index (χ0n) is 22.8. The van der Waals surface area contributed by atoms with Gasteiger partial charge in [0, 0.05) is 30.9 Å². The largest absolute Gasteiger partial charge is 0.483 e. The lowest BCUT2D eigenvalue weighted by Gasteiger charge is -2.42. The molecule has 10 heteroatoms. The van der Waals surface area contributed by atoms with Gasteiger partial charge in [-0.1, -0.05) is 61.9 Å². The van der Waals surface area contributed by atoms with Gasteiger partial charge in [-0.05, 0) is 25.0 Å². The van der Waals surface area contributed by atoms with Crippen molar-refractivity contribution in [3.63, 3.8) is 0 Å². The minimum Gasteiger partial charge on any atom is -0.483 e. The van der Waals surface area contributed by atoms with E-state index in [1.807, 2.05) is 25.1 Å². The normalized spacial score (nSPS) is 21.3. The molecule has 2 aliphatic rings. The first kappa shape index (κ1) is 28.2. The molecule has 2 bridgehead atoms. The number of benzene rings is 2. The number of hydrogen-bond acceptors (Lipinski definition) is 5. The number of rotatable bonds is 8. The van der Waals surface area contributed by atoms with E-state index in [0.717, 1.165) is 18.1 Å². The van der Waals surface area contributed by atoms with Gasteiger partial charge in [-0.15, -0.1) is 0 Å². The Morgan fingerprint density at radius 2 is 1.93 bits per heavy atom. The summed E-state index contributed by atoms with van der Waals surface area (Å²) < 4.78 is 34.9. The Balaban J connectivity index is 1.59. The van der Waals surface area contributed by atoms with E-state index in [2.05, 4.69) is 5.32 Å². The van der Waals surface area contributed by atoms with Gasteiger partial charge in [0.25, 0.3) is 11.8 Å². The van der Waals surface area contributed by atoms with E-state index >= 15 is 0 Å². The molecular formula is C31H31F2N3O5. The third kappa shape index (κ3) is 5.52. The highest BCUT2D eigenvalue weighted by atomic mass is 19.1.